The van der Waals surface area contributed by atoms with Gasteiger partial charge in [0.15, 0.2) is 0 Å². The van der Waals surface area contributed by atoms with Gasteiger partial charge < -0.3 is 19.7 Å². The van der Waals surface area contributed by atoms with Crippen molar-refractivity contribution in [2.24, 2.45) is 0 Å². The van der Waals surface area contributed by atoms with E-state index in [2.05, 4.69) is 14.5 Å². The van der Waals surface area contributed by atoms with E-state index in [1.54, 1.807) is 0 Å². The predicted octanol–water partition coefficient (Wildman–Crippen LogP) is -0.270. The molecule has 0 aliphatic carbocycles. The molecule has 11 nitrogen and oxygen atoms in total. The maximum Gasteiger partial charge on any atom is 0.347 e. The van der Waals surface area contributed by atoms with Crippen LogP contribution < -0.4 is 0 Å². The number of pyridine rings is 1. The number of esters is 4. The summed E-state index contributed by atoms with van der Waals surface area (Å²) in [6.07, 6.45) is 3.80. The van der Waals surface area contributed by atoms with Gasteiger partial charge in [-0.3, -0.25) is 4.98 Å². The smallest absolute Gasteiger partial charge is 0.347 e. The van der Waals surface area contributed by atoms with Crippen LogP contribution in [-0.2, 0) is 28.7 Å². The average molecular weight is 363 g/mol. The van der Waals surface area contributed by atoms with E-state index < -0.39 is 35.8 Å². The standard InChI is InChI=1S/C15H9NO10/c17-10(18)1-3-12(21)25-14(23)8-5-9(7-16-6-8)15(24)26-13(22)4-2-11(19)20/h1-7H,(H,17,18)(H,19,20)/b3-1-,4-2-. The summed E-state index contributed by atoms with van der Waals surface area (Å²) >= 11 is 0. The second kappa shape index (κ2) is 9.22. The van der Waals surface area contributed by atoms with E-state index in [1.807, 2.05) is 0 Å². The number of carbonyl (C=O) groups is 6. The van der Waals surface area contributed by atoms with Crippen molar-refractivity contribution < 1.29 is 48.5 Å². The van der Waals surface area contributed by atoms with E-state index >= 15 is 0 Å². The Morgan fingerprint density at radius 3 is 1.46 bits per heavy atom. The zero-order valence-electron chi connectivity index (χ0n) is 12.6. The van der Waals surface area contributed by atoms with Crippen LogP contribution in [0.4, 0.5) is 0 Å². The summed E-state index contributed by atoms with van der Waals surface area (Å²) in [6, 6.07) is 0.903. The highest BCUT2D eigenvalue weighted by atomic mass is 16.6. The van der Waals surface area contributed by atoms with Gasteiger partial charge in [-0.05, 0) is 6.07 Å². The Bertz CT molecular complexity index is 771. The topological polar surface area (TPSA) is 174 Å². The third kappa shape index (κ3) is 6.95. The number of aromatic nitrogens is 1. The molecule has 0 bridgehead atoms. The number of carbonyl (C=O) groups excluding carboxylic acids is 4. The number of carboxylic acid groups (broad SMARTS) is 2. The van der Waals surface area contributed by atoms with Crippen LogP contribution in [0.2, 0.25) is 0 Å². The Kier molecular flexibility index (Phi) is 7.06. The maximum atomic E-state index is 11.7. The molecule has 0 saturated carbocycles. The third-order valence-corrected chi connectivity index (χ3v) is 2.32. The van der Waals surface area contributed by atoms with Crippen molar-refractivity contribution in [3.05, 3.63) is 53.9 Å². The van der Waals surface area contributed by atoms with Gasteiger partial charge in [-0.2, -0.15) is 0 Å². The van der Waals surface area contributed by atoms with Crippen molar-refractivity contribution in [1.82, 2.24) is 4.98 Å². The molecular formula is C15H9NO10. The largest absolute Gasteiger partial charge is 0.478 e. The normalized spacial score (nSPS) is 10.5. The highest BCUT2D eigenvalue weighted by Crippen LogP contribution is 2.07. The van der Waals surface area contributed by atoms with E-state index in [9.17, 15) is 28.8 Å². The molecule has 0 aromatic carbocycles. The lowest BCUT2D eigenvalue weighted by Gasteiger charge is -2.03. The fourth-order valence-corrected chi connectivity index (χ4v) is 1.31. The second-order valence-corrected chi connectivity index (χ2v) is 4.22. The van der Waals surface area contributed by atoms with Crippen LogP contribution in [-0.4, -0.2) is 51.0 Å². The number of hydrogen-bond acceptors (Lipinski definition) is 9. The van der Waals surface area contributed by atoms with Crippen molar-refractivity contribution in [3.8, 4) is 0 Å². The molecule has 0 unspecified atom stereocenters. The van der Waals surface area contributed by atoms with Crippen molar-refractivity contribution in [3.63, 3.8) is 0 Å². The summed E-state index contributed by atoms with van der Waals surface area (Å²) in [5.41, 5.74) is -0.713. The van der Waals surface area contributed by atoms with Crippen LogP contribution in [0.15, 0.2) is 42.8 Å². The lowest BCUT2D eigenvalue weighted by molar-refractivity contribution is -0.134. The number of nitrogens with zero attached hydrogens (tertiary/aromatic N) is 1. The summed E-state index contributed by atoms with van der Waals surface area (Å²) in [7, 11) is 0. The van der Waals surface area contributed by atoms with Gasteiger partial charge >= 0.3 is 35.8 Å². The number of aliphatic carboxylic acids is 2. The minimum atomic E-state index is -1.43. The molecule has 1 aromatic rings. The molecule has 2 N–H and O–H groups in total. The Balaban J connectivity index is 2.80. The highest BCUT2D eigenvalue weighted by molar-refractivity contribution is 6.04. The van der Waals surface area contributed by atoms with Crippen molar-refractivity contribution >= 4 is 35.8 Å². The first kappa shape index (κ1) is 19.9. The molecular weight excluding hydrogens is 354 g/mol. The van der Waals surface area contributed by atoms with E-state index in [1.165, 1.54) is 0 Å². The van der Waals surface area contributed by atoms with Crippen LogP contribution in [0, 0.1) is 0 Å². The first-order chi connectivity index (χ1) is 12.2. The fourth-order valence-electron chi connectivity index (χ4n) is 1.31. The first-order valence-electron chi connectivity index (χ1n) is 6.48. The summed E-state index contributed by atoms with van der Waals surface area (Å²) in [5.74, 6) is -7.85. The molecule has 0 aliphatic rings. The summed E-state index contributed by atoms with van der Waals surface area (Å²) in [4.78, 5) is 69.9. The van der Waals surface area contributed by atoms with Crippen LogP contribution in [0.5, 0.6) is 0 Å². The lowest BCUT2D eigenvalue weighted by Crippen LogP contribution is -2.14. The van der Waals surface area contributed by atoms with Crippen molar-refractivity contribution in [2.45, 2.75) is 0 Å². The molecule has 0 radical (unpaired) electrons. The molecule has 1 rings (SSSR count). The van der Waals surface area contributed by atoms with E-state index in [0.717, 1.165) is 18.5 Å². The highest BCUT2D eigenvalue weighted by Gasteiger charge is 2.17. The molecule has 0 amide bonds. The zero-order chi connectivity index (χ0) is 19.7. The SMILES string of the molecule is O=C(O)/C=C\C(=O)OC(=O)c1cncc(C(=O)OC(=O)/C=C\C(=O)O)c1. The molecule has 26 heavy (non-hydrogen) atoms. The second-order valence-electron chi connectivity index (χ2n) is 4.22. The molecule has 1 heterocycles. The van der Waals surface area contributed by atoms with Gasteiger partial charge in [0.05, 0.1) is 11.1 Å². The lowest BCUT2D eigenvalue weighted by atomic mass is 10.2. The molecule has 134 valence electrons. The Labute approximate surface area is 144 Å². The number of rotatable bonds is 6. The minimum absolute atomic E-state index is 0.356. The number of carboxylic acids is 2. The molecule has 0 spiro atoms. The van der Waals surface area contributed by atoms with Crippen molar-refractivity contribution in [2.75, 3.05) is 0 Å². The van der Waals surface area contributed by atoms with Crippen molar-refractivity contribution in [1.29, 1.82) is 0 Å². The van der Waals surface area contributed by atoms with Gasteiger partial charge in [-0.25, -0.2) is 28.8 Å². The molecule has 0 aliphatic heterocycles. The summed E-state index contributed by atoms with van der Waals surface area (Å²) in [6.45, 7) is 0. The van der Waals surface area contributed by atoms with E-state index in [0.29, 0.717) is 24.3 Å². The molecule has 1 aromatic heterocycles. The maximum absolute atomic E-state index is 11.7. The average Bonchev–Trinajstić information content (AvgIpc) is 2.58. The minimum Gasteiger partial charge on any atom is -0.478 e. The number of ether oxygens (including phenoxy) is 2. The van der Waals surface area contributed by atoms with Gasteiger partial charge in [-0.1, -0.05) is 0 Å². The van der Waals surface area contributed by atoms with Gasteiger partial charge in [0.2, 0.25) is 0 Å². The van der Waals surface area contributed by atoms with Gasteiger partial charge in [0, 0.05) is 36.7 Å². The van der Waals surface area contributed by atoms with Gasteiger partial charge in [0.1, 0.15) is 0 Å². The predicted molar refractivity (Wildman–Crippen MR) is 78.6 cm³/mol. The fraction of sp³-hybridized carbons (Fsp3) is 0. The molecule has 0 atom stereocenters. The van der Waals surface area contributed by atoms with Crippen LogP contribution in [0.25, 0.3) is 0 Å². The van der Waals surface area contributed by atoms with Gasteiger partial charge in [-0.15, -0.1) is 0 Å². The molecule has 0 saturated heterocycles. The number of hydrogen-bond donors (Lipinski definition) is 2. The quantitative estimate of drug-likeness (QED) is 0.386. The zero-order valence-corrected chi connectivity index (χ0v) is 12.6. The third-order valence-electron chi connectivity index (χ3n) is 2.32. The summed E-state index contributed by atoms with van der Waals surface area (Å²) < 4.78 is 8.61. The van der Waals surface area contributed by atoms with Crippen LogP contribution >= 0.6 is 0 Å². The molecule has 0 fully saturated rings. The first-order valence-corrected chi connectivity index (χ1v) is 6.48. The monoisotopic (exact) mass is 363 g/mol. The molecule has 11 heteroatoms. The summed E-state index contributed by atoms with van der Waals surface area (Å²) in [5, 5.41) is 16.7. The Morgan fingerprint density at radius 2 is 1.12 bits per heavy atom. The van der Waals surface area contributed by atoms with E-state index in [4.69, 9.17) is 10.2 Å². The van der Waals surface area contributed by atoms with Crippen LogP contribution in [0.1, 0.15) is 20.7 Å². The van der Waals surface area contributed by atoms with Crippen LogP contribution in [0.3, 0.4) is 0 Å². The Morgan fingerprint density at radius 1 is 0.731 bits per heavy atom. The Hall–Kier alpha value is -4.15. The van der Waals surface area contributed by atoms with E-state index in [-0.39, 0.29) is 11.1 Å². The van der Waals surface area contributed by atoms with Gasteiger partial charge in [0.25, 0.3) is 0 Å².